The molecule has 174 valence electrons. The van der Waals surface area contributed by atoms with Crippen molar-refractivity contribution in [3.63, 3.8) is 0 Å². The van der Waals surface area contributed by atoms with E-state index in [-0.39, 0.29) is 36.3 Å². The Balaban J connectivity index is 2.00. The molecule has 0 aliphatic heterocycles. The van der Waals surface area contributed by atoms with Crippen molar-refractivity contribution in [1.82, 2.24) is 4.98 Å². The SMILES string of the molecule is CC(C)(C)OC(=O)COc1cc([N+](=O)[O-])ccc1OCCOc1cc(C(F)(F)F)ccn1. The number of hydrogen-bond acceptors (Lipinski definition) is 8. The minimum Gasteiger partial charge on any atom is -0.486 e. The second kappa shape index (κ2) is 10.2. The molecule has 12 heteroatoms. The van der Waals surface area contributed by atoms with Crippen molar-refractivity contribution in [3.8, 4) is 17.4 Å². The maximum absolute atomic E-state index is 12.7. The van der Waals surface area contributed by atoms with Crippen LogP contribution in [0.4, 0.5) is 18.9 Å². The van der Waals surface area contributed by atoms with E-state index in [0.717, 1.165) is 24.4 Å². The van der Waals surface area contributed by atoms with Gasteiger partial charge < -0.3 is 18.9 Å². The number of aromatic nitrogens is 1. The highest BCUT2D eigenvalue weighted by atomic mass is 19.4. The number of alkyl halides is 3. The van der Waals surface area contributed by atoms with Crippen LogP contribution in [-0.4, -0.2) is 41.3 Å². The number of carbonyl (C=O) groups excluding carboxylic acids is 1. The molecule has 0 radical (unpaired) electrons. The zero-order valence-corrected chi connectivity index (χ0v) is 17.5. The number of rotatable bonds is 9. The van der Waals surface area contributed by atoms with Crippen LogP contribution < -0.4 is 14.2 Å². The van der Waals surface area contributed by atoms with Gasteiger partial charge in [-0.25, -0.2) is 9.78 Å². The van der Waals surface area contributed by atoms with Crippen molar-refractivity contribution < 1.29 is 41.8 Å². The average molecular weight is 458 g/mol. The molecular weight excluding hydrogens is 437 g/mol. The molecule has 0 fully saturated rings. The smallest absolute Gasteiger partial charge is 0.416 e. The van der Waals surface area contributed by atoms with Gasteiger partial charge in [0.2, 0.25) is 5.88 Å². The van der Waals surface area contributed by atoms with E-state index < -0.39 is 34.8 Å². The van der Waals surface area contributed by atoms with E-state index >= 15 is 0 Å². The number of non-ortho nitro benzene ring substituents is 1. The number of nitro groups is 1. The van der Waals surface area contributed by atoms with Crippen molar-refractivity contribution in [3.05, 3.63) is 52.2 Å². The fraction of sp³-hybridized carbons (Fsp3) is 0.400. The number of hydrogen-bond donors (Lipinski definition) is 0. The maximum Gasteiger partial charge on any atom is 0.416 e. The van der Waals surface area contributed by atoms with Crippen LogP contribution in [-0.2, 0) is 15.7 Å². The number of ether oxygens (including phenoxy) is 4. The lowest BCUT2D eigenvalue weighted by atomic mass is 10.2. The largest absolute Gasteiger partial charge is 0.486 e. The van der Waals surface area contributed by atoms with Gasteiger partial charge in [-0.3, -0.25) is 10.1 Å². The van der Waals surface area contributed by atoms with Crippen LogP contribution in [0.15, 0.2) is 36.5 Å². The van der Waals surface area contributed by atoms with E-state index in [4.69, 9.17) is 18.9 Å². The molecule has 2 rings (SSSR count). The minimum absolute atomic E-state index is 0.0692. The van der Waals surface area contributed by atoms with Crippen LogP contribution in [0.5, 0.6) is 17.4 Å². The van der Waals surface area contributed by atoms with E-state index in [0.29, 0.717) is 0 Å². The van der Waals surface area contributed by atoms with Crippen LogP contribution >= 0.6 is 0 Å². The Morgan fingerprint density at radius 3 is 2.34 bits per heavy atom. The number of halogens is 3. The molecule has 0 amide bonds. The Hall–Kier alpha value is -3.57. The van der Waals surface area contributed by atoms with Crippen molar-refractivity contribution in [2.75, 3.05) is 19.8 Å². The normalized spacial score (nSPS) is 11.6. The summed E-state index contributed by atoms with van der Waals surface area (Å²) in [6.45, 7) is 4.19. The van der Waals surface area contributed by atoms with E-state index in [1.807, 2.05) is 0 Å². The van der Waals surface area contributed by atoms with Gasteiger partial charge in [0.25, 0.3) is 5.69 Å². The standard InChI is InChI=1S/C20H21F3N2O7/c1-19(2,3)32-18(26)12-31-16-11-14(25(27)28)4-5-15(16)29-8-9-30-17-10-13(6-7-24-17)20(21,22)23/h4-7,10-11H,8-9,12H2,1-3H3. The predicted octanol–water partition coefficient (Wildman–Crippen LogP) is 4.19. The summed E-state index contributed by atoms with van der Waals surface area (Å²) in [7, 11) is 0. The zero-order chi connectivity index (χ0) is 23.9. The van der Waals surface area contributed by atoms with Gasteiger partial charge in [0.15, 0.2) is 18.1 Å². The number of nitrogens with zero attached hydrogens (tertiary/aromatic N) is 2. The van der Waals surface area contributed by atoms with Crippen LogP contribution in [0.1, 0.15) is 26.3 Å². The number of carbonyl (C=O) groups is 1. The molecular formula is C20H21F3N2O7. The summed E-state index contributed by atoms with van der Waals surface area (Å²) in [5, 5.41) is 11.0. The number of nitro benzene ring substituents is 1. The lowest BCUT2D eigenvalue weighted by Crippen LogP contribution is -2.27. The summed E-state index contributed by atoms with van der Waals surface area (Å²) in [6.07, 6.45) is -3.56. The van der Waals surface area contributed by atoms with Gasteiger partial charge in [0, 0.05) is 18.3 Å². The van der Waals surface area contributed by atoms with Gasteiger partial charge in [-0.2, -0.15) is 13.2 Å². The third kappa shape index (κ3) is 7.93. The van der Waals surface area contributed by atoms with Crippen molar-refractivity contribution >= 4 is 11.7 Å². The van der Waals surface area contributed by atoms with Crippen molar-refractivity contribution in [1.29, 1.82) is 0 Å². The third-order valence-electron chi connectivity index (χ3n) is 3.56. The zero-order valence-electron chi connectivity index (χ0n) is 17.5. The highest BCUT2D eigenvalue weighted by Crippen LogP contribution is 2.32. The number of pyridine rings is 1. The van der Waals surface area contributed by atoms with Gasteiger partial charge >= 0.3 is 12.1 Å². The molecule has 0 unspecified atom stereocenters. The lowest BCUT2D eigenvalue weighted by molar-refractivity contribution is -0.385. The van der Waals surface area contributed by atoms with Gasteiger partial charge in [-0.15, -0.1) is 0 Å². The molecule has 1 heterocycles. The van der Waals surface area contributed by atoms with Gasteiger partial charge in [-0.05, 0) is 32.9 Å². The molecule has 2 aromatic rings. The summed E-state index contributed by atoms with van der Waals surface area (Å²) in [6, 6.07) is 5.08. The van der Waals surface area contributed by atoms with Crippen molar-refractivity contribution in [2.45, 2.75) is 32.5 Å². The number of esters is 1. The van der Waals surface area contributed by atoms with Gasteiger partial charge in [0.1, 0.15) is 18.8 Å². The average Bonchev–Trinajstić information content (AvgIpc) is 2.68. The minimum atomic E-state index is -4.53. The maximum atomic E-state index is 12.7. The first kappa shape index (κ1) is 24.7. The summed E-state index contributed by atoms with van der Waals surface area (Å²) in [5.74, 6) is -0.940. The Morgan fingerprint density at radius 1 is 1.03 bits per heavy atom. The fourth-order valence-electron chi connectivity index (χ4n) is 2.31. The second-order valence-electron chi connectivity index (χ2n) is 7.34. The highest BCUT2D eigenvalue weighted by Gasteiger charge is 2.31. The summed E-state index contributed by atoms with van der Waals surface area (Å²) >= 11 is 0. The van der Waals surface area contributed by atoms with Crippen LogP contribution in [0.25, 0.3) is 0 Å². The molecule has 0 saturated carbocycles. The van der Waals surface area contributed by atoms with E-state index in [2.05, 4.69) is 4.98 Å². The summed E-state index contributed by atoms with van der Waals surface area (Å²) < 4.78 is 59.2. The Morgan fingerprint density at radius 2 is 1.72 bits per heavy atom. The van der Waals surface area contributed by atoms with Crippen LogP contribution in [0.3, 0.4) is 0 Å². The molecule has 0 aliphatic carbocycles. The molecule has 0 N–H and O–H groups in total. The van der Waals surface area contributed by atoms with Gasteiger partial charge in [-0.1, -0.05) is 0 Å². The van der Waals surface area contributed by atoms with Gasteiger partial charge in [0.05, 0.1) is 16.6 Å². The van der Waals surface area contributed by atoms with Crippen LogP contribution in [0, 0.1) is 10.1 Å². The predicted molar refractivity (Wildman–Crippen MR) is 105 cm³/mol. The first-order chi connectivity index (χ1) is 14.8. The Kier molecular flexibility index (Phi) is 7.84. The molecule has 0 atom stereocenters. The summed E-state index contributed by atoms with van der Waals surface area (Å²) in [5.41, 5.74) is -1.94. The van der Waals surface area contributed by atoms with E-state index in [1.165, 1.54) is 12.1 Å². The van der Waals surface area contributed by atoms with E-state index in [1.54, 1.807) is 20.8 Å². The topological polar surface area (TPSA) is 110 Å². The highest BCUT2D eigenvalue weighted by molar-refractivity contribution is 5.71. The molecule has 9 nitrogen and oxygen atoms in total. The first-order valence-electron chi connectivity index (χ1n) is 9.27. The quantitative estimate of drug-likeness (QED) is 0.238. The monoisotopic (exact) mass is 458 g/mol. The molecule has 0 spiro atoms. The molecule has 1 aromatic heterocycles. The lowest BCUT2D eigenvalue weighted by Gasteiger charge is -2.19. The molecule has 0 aliphatic rings. The second-order valence-corrected chi connectivity index (χ2v) is 7.34. The molecule has 32 heavy (non-hydrogen) atoms. The Labute approximate surface area is 181 Å². The molecule has 1 aromatic carbocycles. The van der Waals surface area contributed by atoms with Crippen molar-refractivity contribution in [2.24, 2.45) is 0 Å². The fourth-order valence-corrected chi connectivity index (χ4v) is 2.31. The third-order valence-corrected chi connectivity index (χ3v) is 3.56. The molecule has 0 saturated heterocycles. The first-order valence-corrected chi connectivity index (χ1v) is 9.27. The Bertz CT molecular complexity index is 959. The van der Waals surface area contributed by atoms with E-state index in [9.17, 15) is 28.1 Å². The molecule has 0 bridgehead atoms. The summed E-state index contributed by atoms with van der Waals surface area (Å²) in [4.78, 5) is 25.9. The van der Waals surface area contributed by atoms with Crippen LogP contribution in [0.2, 0.25) is 0 Å². The number of benzene rings is 1.